The van der Waals surface area contributed by atoms with Gasteiger partial charge in [0, 0.05) is 23.8 Å². The fourth-order valence-electron chi connectivity index (χ4n) is 3.96. The van der Waals surface area contributed by atoms with E-state index in [2.05, 4.69) is 16.6 Å². The Morgan fingerprint density at radius 2 is 2.03 bits per heavy atom. The minimum Gasteiger partial charge on any atom is -0.469 e. The standard InChI is InChI=1S/C25H33ClO5/c1-25(30,14-12-18-8-7-9-19(26)16-18)15-13-21-20(22(27)17-23(21)28)10-5-3-4-6-11-24(29)31-2/h7-9,16,20-21,23,28,30H,3-6,10-12,14,17H2,1-2H3/t20-,21-,23+,25+/m1/s1. The normalized spacial score (nSPS) is 22.5. The summed E-state index contributed by atoms with van der Waals surface area (Å²) in [7, 11) is 1.38. The van der Waals surface area contributed by atoms with E-state index in [1.54, 1.807) is 13.0 Å². The van der Waals surface area contributed by atoms with Gasteiger partial charge in [-0.25, -0.2) is 0 Å². The average molecular weight is 449 g/mol. The van der Waals surface area contributed by atoms with Crippen LogP contribution in [-0.2, 0) is 20.7 Å². The maximum Gasteiger partial charge on any atom is 0.305 e. The maximum atomic E-state index is 12.3. The Morgan fingerprint density at radius 1 is 1.29 bits per heavy atom. The number of aliphatic hydroxyl groups excluding tert-OH is 1. The summed E-state index contributed by atoms with van der Waals surface area (Å²) in [5.41, 5.74) is -0.192. The van der Waals surface area contributed by atoms with Crippen molar-refractivity contribution in [1.29, 1.82) is 0 Å². The molecule has 1 saturated carbocycles. The van der Waals surface area contributed by atoms with Gasteiger partial charge in [0.2, 0.25) is 0 Å². The van der Waals surface area contributed by atoms with Gasteiger partial charge in [0.05, 0.1) is 19.1 Å². The molecule has 1 aromatic rings. The zero-order chi connectivity index (χ0) is 22.9. The second kappa shape index (κ2) is 12.2. The first-order valence-electron chi connectivity index (χ1n) is 11.0. The lowest BCUT2D eigenvalue weighted by Gasteiger charge is -2.19. The minimum atomic E-state index is -1.22. The summed E-state index contributed by atoms with van der Waals surface area (Å²) in [5, 5.41) is 21.7. The predicted molar refractivity (Wildman–Crippen MR) is 121 cm³/mol. The zero-order valence-electron chi connectivity index (χ0n) is 18.4. The first kappa shape index (κ1) is 25.4. The number of carbonyl (C=O) groups is 2. The predicted octanol–water partition coefficient (Wildman–Crippen LogP) is 4.11. The third kappa shape index (κ3) is 8.65. The summed E-state index contributed by atoms with van der Waals surface area (Å²) >= 11 is 6.01. The number of carbonyl (C=O) groups excluding carboxylic acids is 2. The van der Waals surface area contributed by atoms with Gasteiger partial charge < -0.3 is 14.9 Å². The highest BCUT2D eigenvalue weighted by molar-refractivity contribution is 6.30. The van der Waals surface area contributed by atoms with E-state index < -0.39 is 17.6 Å². The molecule has 2 N–H and O–H groups in total. The Kier molecular flexibility index (Phi) is 10.0. The van der Waals surface area contributed by atoms with Gasteiger partial charge in [-0.15, -0.1) is 0 Å². The molecule has 0 saturated heterocycles. The van der Waals surface area contributed by atoms with Gasteiger partial charge >= 0.3 is 5.97 Å². The van der Waals surface area contributed by atoms with Crippen LogP contribution in [0.3, 0.4) is 0 Å². The summed E-state index contributed by atoms with van der Waals surface area (Å²) in [6, 6.07) is 7.50. The molecule has 0 unspecified atom stereocenters. The van der Waals surface area contributed by atoms with E-state index in [0.717, 1.165) is 31.2 Å². The van der Waals surface area contributed by atoms with Crippen molar-refractivity contribution in [3.63, 3.8) is 0 Å². The lowest BCUT2D eigenvalue weighted by molar-refractivity contribution is -0.140. The van der Waals surface area contributed by atoms with Crippen LogP contribution in [0.25, 0.3) is 0 Å². The Bertz CT molecular complexity index is 808. The van der Waals surface area contributed by atoms with Gasteiger partial charge in [0.15, 0.2) is 0 Å². The first-order valence-corrected chi connectivity index (χ1v) is 11.4. The highest BCUT2D eigenvalue weighted by atomic mass is 35.5. The van der Waals surface area contributed by atoms with Crippen molar-refractivity contribution < 1.29 is 24.5 Å². The Balaban J connectivity index is 1.87. The highest BCUT2D eigenvalue weighted by Gasteiger charge is 2.40. The second-order valence-electron chi connectivity index (χ2n) is 8.57. The van der Waals surface area contributed by atoms with Crippen LogP contribution in [0.5, 0.6) is 0 Å². The van der Waals surface area contributed by atoms with Crippen molar-refractivity contribution >= 4 is 23.4 Å². The van der Waals surface area contributed by atoms with E-state index in [1.807, 2.05) is 18.2 Å². The fourth-order valence-corrected chi connectivity index (χ4v) is 4.17. The molecule has 1 aliphatic rings. The molecule has 0 aliphatic heterocycles. The molecule has 1 fully saturated rings. The van der Waals surface area contributed by atoms with Gasteiger partial charge in [0.25, 0.3) is 0 Å². The summed E-state index contributed by atoms with van der Waals surface area (Å²) in [4.78, 5) is 23.5. The van der Waals surface area contributed by atoms with Gasteiger partial charge in [-0.2, -0.15) is 0 Å². The summed E-state index contributed by atoms with van der Waals surface area (Å²) < 4.78 is 4.63. The van der Waals surface area contributed by atoms with Gasteiger partial charge in [-0.3, -0.25) is 9.59 Å². The lowest BCUT2D eigenvalue weighted by atomic mass is 9.88. The summed E-state index contributed by atoms with van der Waals surface area (Å²) in [5.74, 6) is 5.02. The molecule has 0 bridgehead atoms. The molecule has 31 heavy (non-hydrogen) atoms. The molecule has 0 radical (unpaired) electrons. The number of hydrogen-bond acceptors (Lipinski definition) is 5. The molecular formula is C25H33ClO5. The van der Waals surface area contributed by atoms with Crippen LogP contribution >= 0.6 is 11.6 Å². The minimum absolute atomic E-state index is 0.0416. The third-order valence-corrected chi connectivity index (χ3v) is 6.08. The highest BCUT2D eigenvalue weighted by Crippen LogP contribution is 2.33. The van der Waals surface area contributed by atoms with E-state index >= 15 is 0 Å². The Labute approximate surface area is 190 Å². The molecule has 0 heterocycles. The number of rotatable bonds is 10. The summed E-state index contributed by atoms with van der Waals surface area (Å²) in [6.45, 7) is 1.66. The molecule has 4 atom stereocenters. The SMILES string of the molecule is COC(=O)CCCCCC[C@H]1C(=O)C[C@H](O)[C@@H]1C#C[C@@](C)(O)CCc1cccc(Cl)c1. The second-order valence-corrected chi connectivity index (χ2v) is 9.01. The van der Waals surface area contributed by atoms with Gasteiger partial charge in [0.1, 0.15) is 11.4 Å². The first-order chi connectivity index (χ1) is 14.7. The molecule has 1 aromatic carbocycles. The number of ketones is 1. The van der Waals surface area contributed by atoms with Crippen molar-refractivity contribution in [1.82, 2.24) is 0 Å². The number of benzene rings is 1. The number of ether oxygens (including phenoxy) is 1. The number of aliphatic hydroxyl groups is 2. The van der Waals surface area contributed by atoms with Crippen LogP contribution in [0.4, 0.5) is 0 Å². The number of Topliss-reactive ketones (excluding diaryl/α,β-unsaturated/α-hetero) is 1. The van der Waals surface area contributed by atoms with E-state index in [9.17, 15) is 19.8 Å². The summed E-state index contributed by atoms with van der Waals surface area (Å²) in [6.07, 6.45) is 4.89. The van der Waals surface area contributed by atoms with Crippen LogP contribution in [0.15, 0.2) is 24.3 Å². The molecular weight excluding hydrogens is 416 g/mol. The largest absolute Gasteiger partial charge is 0.469 e. The van der Waals surface area contributed by atoms with E-state index in [4.69, 9.17) is 11.6 Å². The van der Waals surface area contributed by atoms with Crippen LogP contribution in [0, 0.1) is 23.7 Å². The van der Waals surface area contributed by atoms with Crippen molar-refractivity contribution in [2.45, 2.75) is 76.4 Å². The lowest BCUT2D eigenvalue weighted by Crippen LogP contribution is -2.25. The number of esters is 1. The molecule has 170 valence electrons. The van der Waals surface area contributed by atoms with Gasteiger partial charge in [-0.05, 0) is 50.3 Å². The van der Waals surface area contributed by atoms with Crippen molar-refractivity contribution in [3.8, 4) is 11.8 Å². The van der Waals surface area contributed by atoms with Crippen molar-refractivity contribution in [2.24, 2.45) is 11.8 Å². The number of unbranched alkanes of at least 4 members (excludes halogenated alkanes) is 3. The number of aryl methyl sites for hydroxylation is 1. The van der Waals surface area contributed by atoms with Crippen LogP contribution in [-0.4, -0.2) is 40.8 Å². The molecule has 0 spiro atoms. The molecule has 6 heteroatoms. The smallest absolute Gasteiger partial charge is 0.305 e. The molecule has 0 aromatic heterocycles. The number of hydrogen-bond donors (Lipinski definition) is 2. The van der Waals surface area contributed by atoms with E-state index in [1.165, 1.54) is 7.11 Å². The Morgan fingerprint density at radius 3 is 2.74 bits per heavy atom. The Hall–Kier alpha value is -1.87. The number of halogens is 1. The van der Waals surface area contributed by atoms with Crippen LogP contribution < -0.4 is 0 Å². The average Bonchev–Trinajstić information content (AvgIpc) is 3.00. The van der Waals surface area contributed by atoms with E-state index in [0.29, 0.717) is 30.7 Å². The molecule has 5 nitrogen and oxygen atoms in total. The zero-order valence-corrected chi connectivity index (χ0v) is 19.2. The van der Waals surface area contributed by atoms with Crippen molar-refractivity contribution in [2.75, 3.05) is 7.11 Å². The van der Waals surface area contributed by atoms with E-state index in [-0.39, 0.29) is 24.1 Å². The van der Waals surface area contributed by atoms with Crippen LogP contribution in [0.1, 0.15) is 63.9 Å². The van der Waals surface area contributed by atoms with Crippen molar-refractivity contribution in [3.05, 3.63) is 34.9 Å². The topological polar surface area (TPSA) is 83.8 Å². The van der Waals surface area contributed by atoms with Gasteiger partial charge in [-0.1, -0.05) is 54.8 Å². The maximum absolute atomic E-state index is 12.3. The monoisotopic (exact) mass is 448 g/mol. The quantitative estimate of drug-likeness (QED) is 0.319. The third-order valence-electron chi connectivity index (χ3n) is 5.84. The molecule has 2 rings (SSSR count). The number of methoxy groups -OCH3 is 1. The van der Waals surface area contributed by atoms with Crippen LogP contribution in [0.2, 0.25) is 5.02 Å². The molecule has 1 aliphatic carbocycles. The fraction of sp³-hybridized carbons (Fsp3) is 0.600. The molecule has 0 amide bonds.